The molecule has 0 spiro atoms. The summed E-state index contributed by atoms with van der Waals surface area (Å²) in [7, 11) is 3.11. The number of benzene rings is 1. The number of rotatable bonds is 4. The first-order chi connectivity index (χ1) is 7.51. The molecule has 1 aromatic carbocycles. The number of methoxy groups -OCH3 is 2. The van der Waals surface area contributed by atoms with Crippen LogP contribution in [-0.4, -0.2) is 25.4 Å². The summed E-state index contributed by atoms with van der Waals surface area (Å²) in [5.74, 6) is 1.21. The van der Waals surface area contributed by atoms with E-state index in [0.29, 0.717) is 17.1 Å². The smallest absolute Gasteiger partial charge is 0.136 e. The third kappa shape index (κ3) is 2.66. The number of aliphatic hydroxyl groups excluding tert-OH is 1. The number of hydrogen-bond donors (Lipinski definition) is 2. The van der Waals surface area contributed by atoms with E-state index in [1.54, 1.807) is 33.3 Å². The van der Waals surface area contributed by atoms with Crippen molar-refractivity contribution in [2.75, 3.05) is 14.2 Å². The molecular formula is C11H16BrNO3. The molecule has 2 atom stereocenters. The van der Waals surface area contributed by atoms with Crippen LogP contribution in [0.1, 0.15) is 18.6 Å². The molecule has 0 unspecified atom stereocenters. The van der Waals surface area contributed by atoms with E-state index in [2.05, 4.69) is 15.9 Å². The van der Waals surface area contributed by atoms with Gasteiger partial charge in [-0.3, -0.25) is 0 Å². The molecule has 1 rings (SSSR count). The van der Waals surface area contributed by atoms with Gasteiger partial charge < -0.3 is 20.3 Å². The summed E-state index contributed by atoms with van der Waals surface area (Å²) in [5, 5.41) is 9.93. The molecule has 0 amide bonds. The van der Waals surface area contributed by atoms with Crippen molar-refractivity contribution in [3.63, 3.8) is 0 Å². The summed E-state index contributed by atoms with van der Waals surface area (Å²) in [6.07, 6.45) is -0.767. The van der Waals surface area contributed by atoms with Crippen molar-refractivity contribution >= 4 is 15.9 Å². The maximum atomic E-state index is 9.93. The summed E-state index contributed by atoms with van der Waals surface area (Å²) in [6, 6.07) is 3.10. The first kappa shape index (κ1) is 13.3. The van der Waals surface area contributed by atoms with Crippen molar-refractivity contribution in [3.05, 3.63) is 22.2 Å². The van der Waals surface area contributed by atoms with E-state index in [9.17, 15) is 5.11 Å². The molecule has 1 aromatic rings. The van der Waals surface area contributed by atoms with E-state index in [-0.39, 0.29) is 6.04 Å². The van der Waals surface area contributed by atoms with Gasteiger partial charge in [0, 0.05) is 17.7 Å². The SMILES string of the molecule is COc1cc(OC)c([C@H](O)[C@@H](C)N)cc1Br. The molecule has 0 radical (unpaired) electrons. The Morgan fingerprint density at radius 1 is 1.25 bits per heavy atom. The van der Waals surface area contributed by atoms with Crippen LogP contribution in [0, 0.1) is 0 Å². The Hall–Kier alpha value is -0.780. The van der Waals surface area contributed by atoms with Crippen LogP contribution in [-0.2, 0) is 0 Å². The van der Waals surface area contributed by atoms with Gasteiger partial charge in [-0.2, -0.15) is 0 Å². The Balaban J connectivity index is 3.23. The molecule has 0 bridgehead atoms. The van der Waals surface area contributed by atoms with E-state index in [1.807, 2.05) is 0 Å². The molecular weight excluding hydrogens is 274 g/mol. The van der Waals surface area contributed by atoms with Gasteiger partial charge in [0.05, 0.1) is 24.8 Å². The highest BCUT2D eigenvalue weighted by Crippen LogP contribution is 2.36. The highest BCUT2D eigenvalue weighted by atomic mass is 79.9. The summed E-state index contributed by atoms with van der Waals surface area (Å²) in [4.78, 5) is 0. The van der Waals surface area contributed by atoms with E-state index in [4.69, 9.17) is 15.2 Å². The number of halogens is 1. The number of nitrogens with two attached hydrogens (primary N) is 1. The largest absolute Gasteiger partial charge is 0.496 e. The van der Waals surface area contributed by atoms with Crippen LogP contribution in [0.15, 0.2) is 16.6 Å². The molecule has 0 heterocycles. The van der Waals surface area contributed by atoms with Gasteiger partial charge >= 0.3 is 0 Å². The van der Waals surface area contributed by atoms with Gasteiger partial charge in [-0.05, 0) is 28.9 Å². The molecule has 16 heavy (non-hydrogen) atoms. The van der Waals surface area contributed by atoms with Crippen LogP contribution in [0.2, 0.25) is 0 Å². The highest BCUT2D eigenvalue weighted by molar-refractivity contribution is 9.10. The third-order valence-corrected chi connectivity index (χ3v) is 2.94. The predicted molar refractivity (Wildman–Crippen MR) is 65.9 cm³/mol. The molecule has 0 saturated heterocycles. The Morgan fingerprint density at radius 2 is 1.81 bits per heavy atom. The lowest BCUT2D eigenvalue weighted by Gasteiger charge is -2.19. The van der Waals surface area contributed by atoms with Gasteiger partial charge in [0.25, 0.3) is 0 Å². The summed E-state index contributed by atoms with van der Waals surface area (Å²) in [6.45, 7) is 1.74. The minimum absolute atomic E-state index is 0.366. The Kier molecular flexibility index (Phi) is 4.58. The highest BCUT2D eigenvalue weighted by Gasteiger charge is 2.19. The monoisotopic (exact) mass is 289 g/mol. The average Bonchev–Trinajstić information content (AvgIpc) is 2.27. The van der Waals surface area contributed by atoms with Crippen LogP contribution >= 0.6 is 15.9 Å². The van der Waals surface area contributed by atoms with Crippen molar-refractivity contribution in [2.24, 2.45) is 5.73 Å². The fraction of sp³-hybridized carbons (Fsp3) is 0.455. The minimum atomic E-state index is -0.767. The Morgan fingerprint density at radius 3 is 2.25 bits per heavy atom. The van der Waals surface area contributed by atoms with Gasteiger partial charge in [0.15, 0.2) is 0 Å². The van der Waals surface area contributed by atoms with Crippen LogP contribution in [0.25, 0.3) is 0 Å². The second kappa shape index (κ2) is 5.52. The molecule has 0 fully saturated rings. The third-order valence-electron chi connectivity index (χ3n) is 2.32. The van der Waals surface area contributed by atoms with Gasteiger partial charge in [0.2, 0.25) is 0 Å². The van der Waals surface area contributed by atoms with Gasteiger partial charge in [0.1, 0.15) is 11.5 Å². The fourth-order valence-corrected chi connectivity index (χ4v) is 1.92. The van der Waals surface area contributed by atoms with Crippen molar-refractivity contribution in [1.82, 2.24) is 0 Å². The van der Waals surface area contributed by atoms with Gasteiger partial charge in [-0.15, -0.1) is 0 Å². The van der Waals surface area contributed by atoms with E-state index < -0.39 is 6.10 Å². The molecule has 0 aromatic heterocycles. The zero-order valence-electron chi connectivity index (χ0n) is 9.53. The van der Waals surface area contributed by atoms with E-state index in [0.717, 1.165) is 4.47 Å². The summed E-state index contributed by atoms with van der Waals surface area (Å²) in [5.41, 5.74) is 6.30. The number of hydrogen-bond acceptors (Lipinski definition) is 4. The van der Waals surface area contributed by atoms with Gasteiger partial charge in [-0.25, -0.2) is 0 Å². The molecule has 0 aliphatic carbocycles. The second-order valence-electron chi connectivity index (χ2n) is 3.53. The minimum Gasteiger partial charge on any atom is -0.496 e. The van der Waals surface area contributed by atoms with Crippen molar-refractivity contribution in [2.45, 2.75) is 19.1 Å². The van der Waals surface area contributed by atoms with Crippen molar-refractivity contribution in [1.29, 1.82) is 0 Å². The van der Waals surface area contributed by atoms with Crippen molar-refractivity contribution in [3.8, 4) is 11.5 Å². The molecule has 90 valence electrons. The lowest BCUT2D eigenvalue weighted by atomic mass is 10.0. The Labute approximate surface area is 103 Å². The Bertz CT molecular complexity index is 368. The lowest BCUT2D eigenvalue weighted by molar-refractivity contribution is 0.149. The average molecular weight is 290 g/mol. The first-order valence-corrected chi connectivity index (χ1v) is 5.65. The number of ether oxygens (including phenoxy) is 2. The molecule has 3 N–H and O–H groups in total. The number of aliphatic hydroxyl groups is 1. The maximum absolute atomic E-state index is 9.93. The summed E-state index contributed by atoms with van der Waals surface area (Å²) < 4.78 is 11.1. The quantitative estimate of drug-likeness (QED) is 0.888. The van der Waals surface area contributed by atoms with E-state index >= 15 is 0 Å². The topological polar surface area (TPSA) is 64.7 Å². The molecule has 0 aliphatic rings. The normalized spacial score (nSPS) is 14.4. The standard InChI is InChI=1S/C11H16BrNO3/c1-6(13)11(14)7-4-8(12)10(16-3)5-9(7)15-2/h4-6,11,14H,13H2,1-3H3/t6-,11-/m1/s1. The zero-order chi connectivity index (χ0) is 12.3. The molecule has 0 saturated carbocycles. The van der Waals surface area contributed by atoms with Gasteiger partial charge in [-0.1, -0.05) is 0 Å². The van der Waals surface area contributed by atoms with Crippen LogP contribution in [0.4, 0.5) is 0 Å². The lowest BCUT2D eigenvalue weighted by Crippen LogP contribution is -2.24. The van der Waals surface area contributed by atoms with E-state index in [1.165, 1.54) is 0 Å². The van der Waals surface area contributed by atoms with Crippen molar-refractivity contribution < 1.29 is 14.6 Å². The molecule has 5 heteroatoms. The molecule has 4 nitrogen and oxygen atoms in total. The predicted octanol–water partition coefficient (Wildman–Crippen LogP) is 1.85. The fourth-order valence-electron chi connectivity index (χ4n) is 1.40. The maximum Gasteiger partial charge on any atom is 0.136 e. The summed E-state index contributed by atoms with van der Waals surface area (Å²) >= 11 is 3.36. The molecule has 0 aliphatic heterocycles. The van der Waals surface area contributed by atoms with Crippen LogP contribution in [0.5, 0.6) is 11.5 Å². The zero-order valence-corrected chi connectivity index (χ0v) is 11.1. The first-order valence-electron chi connectivity index (χ1n) is 4.86. The van der Waals surface area contributed by atoms with Crippen LogP contribution < -0.4 is 15.2 Å². The second-order valence-corrected chi connectivity index (χ2v) is 4.39. The van der Waals surface area contributed by atoms with Crippen LogP contribution in [0.3, 0.4) is 0 Å².